The number of aliphatic hydroxyl groups excluding tert-OH is 1. The maximum absolute atomic E-state index is 9.57. The fourth-order valence-electron chi connectivity index (χ4n) is 0.735. The number of nitrogens with two attached hydrogens (primary N) is 1. The Morgan fingerprint density at radius 2 is 2.42 bits per heavy atom. The molecule has 5 heteroatoms. The van der Waals surface area contributed by atoms with Crippen molar-refractivity contribution < 1.29 is 5.11 Å². The number of nitrogens with zero attached hydrogens (tertiary/aromatic N) is 2. The van der Waals surface area contributed by atoms with E-state index < -0.39 is 11.6 Å². The molecule has 0 aliphatic rings. The summed E-state index contributed by atoms with van der Waals surface area (Å²) in [5.41, 5.74) is 5.92. The maximum atomic E-state index is 9.57. The van der Waals surface area contributed by atoms with Crippen LogP contribution in [-0.2, 0) is 6.42 Å². The second-order valence-corrected chi connectivity index (χ2v) is 4.00. The van der Waals surface area contributed by atoms with Gasteiger partial charge in [-0.15, -0.1) is 0 Å². The average molecular weight is 187 g/mol. The highest BCUT2D eigenvalue weighted by Crippen LogP contribution is 2.10. The molecule has 1 aromatic heterocycles. The first-order valence-electron chi connectivity index (χ1n) is 3.73. The quantitative estimate of drug-likeness (QED) is 0.708. The van der Waals surface area contributed by atoms with Gasteiger partial charge in [0.1, 0.15) is 0 Å². The summed E-state index contributed by atoms with van der Waals surface area (Å²) in [7, 11) is 0. The molecular weight excluding hydrogens is 174 g/mol. The zero-order chi connectivity index (χ0) is 9.19. The zero-order valence-corrected chi connectivity index (χ0v) is 8.01. The largest absolute Gasteiger partial charge is 0.391 e. The van der Waals surface area contributed by atoms with Crippen molar-refractivity contribution in [2.45, 2.75) is 31.9 Å². The Morgan fingerprint density at radius 1 is 1.75 bits per heavy atom. The zero-order valence-electron chi connectivity index (χ0n) is 7.19. The van der Waals surface area contributed by atoms with E-state index in [4.69, 9.17) is 5.73 Å². The predicted octanol–water partition coefficient (Wildman–Crippen LogP) is 0.179. The SMILES string of the molecule is CC(C)(N)C(O)Cc1cnsn1. The number of aliphatic hydroxyl groups is 1. The minimum atomic E-state index is -0.580. The number of hydrogen-bond acceptors (Lipinski definition) is 5. The molecule has 0 aliphatic heterocycles. The summed E-state index contributed by atoms with van der Waals surface area (Å²) >= 11 is 1.14. The van der Waals surface area contributed by atoms with Gasteiger partial charge in [0.2, 0.25) is 0 Å². The van der Waals surface area contributed by atoms with E-state index in [1.807, 2.05) is 0 Å². The van der Waals surface area contributed by atoms with Gasteiger partial charge in [-0.1, -0.05) is 0 Å². The summed E-state index contributed by atoms with van der Waals surface area (Å²) in [6, 6.07) is 0. The molecule has 0 radical (unpaired) electrons. The van der Waals surface area contributed by atoms with E-state index in [1.165, 1.54) is 0 Å². The predicted molar refractivity (Wildman–Crippen MR) is 47.9 cm³/mol. The monoisotopic (exact) mass is 187 g/mol. The third-order valence-corrected chi connectivity index (χ3v) is 2.18. The van der Waals surface area contributed by atoms with Gasteiger partial charge in [-0.2, -0.15) is 8.75 Å². The van der Waals surface area contributed by atoms with Crippen molar-refractivity contribution in [2.24, 2.45) is 5.73 Å². The van der Waals surface area contributed by atoms with Crippen LogP contribution < -0.4 is 5.73 Å². The smallest absolute Gasteiger partial charge is 0.0770 e. The molecule has 68 valence electrons. The summed E-state index contributed by atoms with van der Waals surface area (Å²) < 4.78 is 7.82. The van der Waals surface area contributed by atoms with Crippen LogP contribution in [-0.4, -0.2) is 25.5 Å². The molecule has 0 aliphatic carbocycles. The molecule has 0 fully saturated rings. The van der Waals surface area contributed by atoms with Gasteiger partial charge in [-0.3, -0.25) is 0 Å². The van der Waals surface area contributed by atoms with E-state index in [2.05, 4.69) is 8.75 Å². The van der Waals surface area contributed by atoms with Crippen molar-refractivity contribution in [3.63, 3.8) is 0 Å². The van der Waals surface area contributed by atoms with E-state index in [-0.39, 0.29) is 0 Å². The second-order valence-electron chi connectivity index (χ2n) is 3.44. The summed E-state index contributed by atoms with van der Waals surface area (Å²) in [4.78, 5) is 0. The van der Waals surface area contributed by atoms with Crippen molar-refractivity contribution in [1.82, 2.24) is 8.75 Å². The molecule has 0 aromatic carbocycles. The molecule has 0 saturated carbocycles. The average Bonchev–Trinajstić information content (AvgIpc) is 2.37. The van der Waals surface area contributed by atoms with Gasteiger partial charge in [0.15, 0.2) is 0 Å². The van der Waals surface area contributed by atoms with Gasteiger partial charge in [-0.25, -0.2) is 0 Å². The van der Waals surface area contributed by atoms with Crippen LogP contribution in [0.25, 0.3) is 0 Å². The second kappa shape index (κ2) is 3.47. The van der Waals surface area contributed by atoms with Gasteiger partial charge in [0.05, 0.1) is 29.7 Å². The van der Waals surface area contributed by atoms with Crippen LogP contribution in [0.4, 0.5) is 0 Å². The van der Waals surface area contributed by atoms with E-state index in [0.717, 1.165) is 17.4 Å². The van der Waals surface area contributed by atoms with E-state index in [0.29, 0.717) is 6.42 Å². The molecule has 0 amide bonds. The highest BCUT2D eigenvalue weighted by molar-refractivity contribution is 6.99. The molecule has 1 unspecified atom stereocenters. The van der Waals surface area contributed by atoms with Crippen molar-refractivity contribution in [2.75, 3.05) is 0 Å². The molecule has 1 rings (SSSR count). The minimum Gasteiger partial charge on any atom is -0.391 e. The fourth-order valence-corrected chi connectivity index (χ4v) is 1.18. The van der Waals surface area contributed by atoms with E-state index in [1.54, 1.807) is 20.0 Å². The Balaban J connectivity index is 2.53. The lowest BCUT2D eigenvalue weighted by atomic mass is 9.95. The Kier molecular flexibility index (Phi) is 2.76. The first-order valence-corrected chi connectivity index (χ1v) is 4.46. The van der Waals surface area contributed by atoms with Gasteiger partial charge >= 0.3 is 0 Å². The number of hydrogen-bond donors (Lipinski definition) is 2. The number of aromatic nitrogens is 2. The first kappa shape index (κ1) is 9.57. The lowest BCUT2D eigenvalue weighted by Crippen LogP contribution is -2.46. The molecule has 1 aromatic rings. The maximum Gasteiger partial charge on any atom is 0.0770 e. The molecule has 12 heavy (non-hydrogen) atoms. The van der Waals surface area contributed by atoms with Crippen LogP contribution in [0, 0.1) is 0 Å². The van der Waals surface area contributed by atoms with Crippen LogP contribution in [0.3, 0.4) is 0 Å². The number of rotatable bonds is 3. The van der Waals surface area contributed by atoms with Crippen LogP contribution in [0.1, 0.15) is 19.5 Å². The van der Waals surface area contributed by atoms with Gasteiger partial charge in [0, 0.05) is 12.0 Å². The van der Waals surface area contributed by atoms with Crippen LogP contribution in [0.5, 0.6) is 0 Å². The summed E-state index contributed by atoms with van der Waals surface area (Å²) in [6.45, 7) is 3.58. The Morgan fingerprint density at radius 3 is 2.83 bits per heavy atom. The Hall–Kier alpha value is -0.520. The summed E-state index contributed by atoms with van der Waals surface area (Å²) in [6.07, 6.45) is 1.56. The fraction of sp³-hybridized carbons (Fsp3) is 0.714. The molecule has 0 bridgehead atoms. The lowest BCUT2D eigenvalue weighted by molar-refractivity contribution is 0.103. The molecule has 3 N–H and O–H groups in total. The van der Waals surface area contributed by atoms with Crippen LogP contribution >= 0.6 is 11.7 Å². The molecular formula is C7H13N3OS. The molecule has 0 saturated heterocycles. The van der Waals surface area contributed by atoms with Crippen molar-refractivity contribution in [1.29, 1.82) is 0 Å². The topological polar surface area (TPSA) is 72.0 Å². The van der Waals surface area contributed by atoms with Crippen molar-refractivity contribution >= 4 is 11.7 Å². The molecule has 0 spiro atoms. The standard InChI is InChI=1S/C7H13N3OS/c1-7(2,8)6(11)3-5-4-9-12-10-5/h4,6,11H,3,8H2,1-2H3. The summed E-state index contributed by atoms with van der Waals surface area (Å²) in [5, 5.41) is 9.57. The van der Waals surface area contributed by atoms with Crippen LogP contribution in [0.2, 0.25) is 0 Å². The Bertz CT molecular complexity index is 229. The third-order valence-electron chi connectivity index (χ3n) is 1.67. The molecule has 1 atom stereocenters. The van der Waals surface area contributed by atoms with Gasteiger partial charge in [0.25, 0.3) is 0 Å². The molecule has 1 heterocycles. The highest BCUT2D eigenvalue weighted by atomic mass is 32.1. The first-order chi connectivity index (χ1) is 5.50. The minimum absolute atomic E-state index is 0.472. The van der Waals surface area contributed by atoms with Crippen LogP contribution in [0.15, 0.2) is 6.20 Å². The third kappa shape index (κ3) is 2.51. The Labute approximate surface area is 75.8 Å². The van der Waals surface area contributed by atoms with E-state index in [9.17, 15) is 5.11 Å². The highest BCUT2D eigenvalue weighted by Gasteiger charge is 2.23. The summed E-state index contributed by atoms with van der Waals surface area (Å²) in [5.74, 6) is 0. The van der Waals surface area contributed by atoms with Crippen molar-refractivity contribution in [3.8, 4) is 0 Å². The van der Waals surface area contributed by atoms with Gasteiger partial charge in [-0.05, 0) is 13.8 Å². The molecule has 4 nitrogen and oxygen atoms in total. The lowest BCUT2D eigenvalue weighted by Gasteiger charge is -2.24. The normalized spacial score (nSPS) is 14.7. The van der Waals surface area contributed by atoms with Crippen molar-refractivity contribution in [3.05, 3.63) is 11.9 Å². The van der Waals surface area contributed by atoms with Gasteiger partial charge < -0.3 is 10.8 Å². The van der Waals surface area contributed by atoms with E-state index >= 15 is 0 Å².